The van der Waals surface area contributed by atoms with Gasteiger partial charge in [-0.3, -0.25) is 4.79 Å². The highest BCUT2D eigenvalue weighted by molar-refractivity contribution is 5.90. The molecule has 0 aliphatic carbocycles. The van der Waals surface area contributed by atoms with Gasteiger partial charge in [0, 0.05) is 6.42 Å². The molecule has 0 bridgehead atoms. The van der Waals surface area contributed by atoms with E-state index in [0.29, 0.717) is 6.29 Å². The number of rotatable bonds is 6. The largest absolute Gasteiger partial charge is 0.444 e. The Morgan fingerprint density at radius 1 is 1.41 bits per heavy atom. The van der Waals surface area contributed by atoms with Gasteiger partial charge in [0.05, 0.1) is 19.1 Å². The van der Waals surface area contributed by atoms with Crippen LogP contribution >= 0.6 is 0 Å². The van der Waals surface area contributed by atoms with Crippen molar-refractivity contribution in [2.45, 2.75) is 45.3 Å². The van der Waals surface area contributed by atoms with E-state index in [1.54, 1.807) is 20.8 Å². The molecular formula is C11H19NO5. The van der Waals surface area contributed by atoms with Gasteiger partial charge in [-0.1, -0.05) is 0 Å². The SMILES string of the molecule is CC(C)(C)OC(=O)N[C@H](CO)CC(=O)CC=O. The predicted molar refractivity (Wildman–Crippen MR) is 60.5 cm³/mol. The van der Waals surface area contributed by atoms with E-state index in [-0.39, 0.29) is 25.2 Å². The van der Waals surface area contributed by atoms with Gasteiger partial charge in [0.25, 0.3) is 0 Å². The standard InChI is InChI=1S/C11H19NO5/c1-11(2,3)17-10(16)12-8(7-14)6-9(15)4-5-13/h5,8,14H,4,6-7H2,1-3H3,(H,12,16)/t8-/m0/s1. The lowest BCUT2D eigenvalue weighted by Gasteiger charge is -2.22. The Bertz CT molecular complexity index is 282. The fourth-order valence-electron chi connectivity index (χ4n) is 1.09. The molecule has 0 aliphatic heterocycles. The summed E-state index contributed by atoms with van der Waals surface area (Å²) in [5, 5.41) is 11.3. The first-order valence-corrected chi connectivity index (χ1v) is 5.34. The van der Waals surface area contributed by atoms with E-state index in [1.807, 2.05) is 0 Å². The predicted octanol–water partition coefficient (Wildman–Crippen LogP) is 0.420. The van der Waals surface area contributed by atoms with Gasteiger partial charge in [-0.05, 0) is 20.8 Å². The lowest BCUT2D eigenvalue weighted by atomic mass is 10.1. The fourth-order valence-corrected chi connectivity index (χ4v) is 1.09. The number of aliphatic hydroxyl groups is 1. The molecule has 0 saturated carbocycles. The Morgan fingerprint density at radius 2 is 2.00 bits per heavy atom. The van der Waals surface area contributed by atoms with E-state index in [1.165, 1.54) is 0 Å². The Balaban J connectivity index is 4.17. The first kappa shape index (κ1) is 15.6. The van der Waals surface area contributed by atoms with Crippen LogP contribution in [0.1, 0.15) is 33.6 Å². The molecule has 0 unspecified atom stereocenters. The Hall–Kier alpha value is -1.43. The summed E-state index contributed by atoms with van der Waals surface area (Å²) in [7, 11) is 0. The summed E-state index contributed by atoms with van der Waals surface area (Å²) in [6.45, 7) is 4.73. The topological polar surface area (TPSA) is 92.7 Å². The summed E-state index contributed by atoms with van der Waals surface area (Å²) in [5.41, 5.74) is -0.642. The smallest absolute Gasteiger partial charge is 0.407 e. The first-order chi connectivity index (χ1) is 7.78. The average molecular weight is 245 g/mol. The zero-order valence-corrected chi connectivity index (χ0v) is 10.4. The number of ether oxygens (including phenoxy) is 1. The van der Waals surface area contributed by atoms with E-state index in [0.717, 1.165) is 0 Å². The highest BCUT2D eigenvalue weighted by Crippen LogP contribution is 2.07. The van der Waals surface area contributed by atoms with Crippen LogP contribution in [-0.4, -0.2) is 41.5 Å². The van der Waals surface area contributed by atoms with Gasteiger partial charge in [0.2, 0.25) is 0 Å². The van der Waals surface area contributed by atoms with Crippen LogP contribution in [0.3, 0.4) is 0 Å². The number of hydrogen-bond acceptors (Lipinski definition) is 5. The van der Waals surface area contributed by atoms with E-state index < -0.39 is 17.7 Å². The Kier molecular flexibility index (Phi) is 6.42. The summed E-state index contributed by atoms with van der Waals surface area (Å²) in [4.78, 5) is 32.6. The number of carbonyl (C=O) groups excluding carboxylic acids is 3. The van der Waals surface area contributed by atoms with Gasteiger partial charge in [0.15, 0.2) is 0 Å². The molecule has 0 aromatic heterocycles. The highest BCUT2D eigenvalue weighted by Gasteiger charge is 2.20. The molecule has 0 heterocycles. The zero-order chi connectivity index (χ0) is 13.5. The number of aldehydes is 1. The second-order valence-electron chi connectivity index (χ2n) is 4.64. The number of nitrogens with one attached hydrogen (secondary N) is 1. The van der Waals surface area contributed by atoms with Crippen LogP contribution in [0, 0.1) is 0 Å². The zero-order valence-electron chi connectivity index (χ0n) is 10.4. The number of ketones is 1. The minimum absolute atomic E-state index is 0.0888. The molecule has 0 saturated heterocycles. The van der Waals surface area contributed by atoms with Crippen molar-refractivity contribution in [1.29, 1.82) is 0 Å². The quantitative estimate of drug-likeness (QED) is 0.522. The highest BCUT2D eigenvalue weighted by atomic mass is 16.6. The van der Waals surface area contributed by atoms with Crippen LogP contribution < -0.4 is 5.32 Å². The molecule has 1 amide bonds. The molecule has 0 fully saturated rings. The van der Waals surface area contributed by atoms with Crippen molar-refractivity contribution in [3.63, 3.8) is 0 Å². The van der Waals surface area contributed by atoms with Gasteiger partial charge in [-0.25, -0.2) is 4.79 Å². The molecule has 17 heavy (non-hydrogen) atoms. The van der Waals surface area contributed by atoms with Crippen molar-refractivity contribution in [2.75, 3.05) is 6.61 Å². The molecule has 0 aromatic rings. The summed E-state index contributed by atoms with van der Waals surface area (Å²) < 4.78 is 4.97. The lowest BCUT2D eigenvalue weighted by Crippen LogP contribution is -2.42. The third kappa shape index (κ3) is 8.38. The molecule has 0 spiro atoms. The number of aliphatic hydroxyl groups excluding tert-OH is 1. The summed E-state index contributed by atoms with van der Waals surface area (Å²) in [6.07, 6.45) is -0.513. The molecule has 0 radical (unpaired) electrons. The number of amides is 1. The molecule has 6 heteroatoms. The van der Waals surface area contributed by atoms with Crippen LogP contribution in [0.2, 0.25) is 0 Å². The number of alkyl carbamates (subject to hydrolysis) is 1. The lowest BCUT2D eigenvalue weighted by molar-refractivity contribution is -0.122. The third-order valence-electron chi connectivity index (χ3n) is 1.73. The van der Waals surface area contributed by atoms with Crippen molar-refractivity contribution < 1.29 is 24.2 Å². The third-order valence-corrected chi connectivity index (χ3v) is 1.73. The van der Waals surface area contributed by atoms with Gasteiger partial charge in [0.1, 0.15) is 17.7 Å². The first-order valence-electron chi connectivity index (χ1n) is 5.34. The van der Waals surface area contributed by atoms with E-state index >= 15 is 0 Å². The van der Waals surface area contributed by atoms with Gasteiger partial charge >= 0.3 is 6.09 Å². The van der Waals surface area contributed by atoms with Crippen molar-refractivity contribution >= 4 is 18.2 Å². The molecule has 1 atom stereocenters. The van der Waals surface area contributed by atoms with E-state index in [9.17, 15) is 14.4 Å². The van der Waals surface area contributed by atoms with Crippen LogP contribution in [0.4, 0.5) is 4.79 Å². The molecule has 0 aromatic carbocycles. The average Bonchev–Trinajstić information content (AvgIpc) is 2.13. The molecule has 98 valence electrons. The fraction of sp³-hybridized carbons (Fsp3) is 0.727. The summed E-state index contributed by atoms with van der Waals surface area (Å²) >= 11 is 0. The maximum absolute atomic E-state index is 11.3. The normalized spacial score (nSPS) is 12.7. The minimum Gasteiger partial charge on any atom is -0.444 e. The Morgan fingerprint density at radius 3 is 2.41 bits per heavy atom. The van der Waals surface area contributed by atoms with E-state index in [4.69, 9.17) is 9.84 Å². The second kappa shape index (κ2) is 7.01. The van der Waals surface area contributed by atoms with Gasteiger partial charge < -0.3 is 20.0 Å². The van der Waals surface area contributed by atoms with Crippen molar-refractivity contribution in [3.8, 4) is 0 Å². The van der Waals surface area contributed by atoms with Crippen LogP contribution in [0.15, 0.2) is 0 Å². The number of carbonyl (C=O) groups is 3. The maximum atomic E-state index is 11.3. The summed E-state index contributed by atoms with van der Waals surface area (Å²) in [5.74, 6) is -0.338. The Labute approximate surface area is 100 Å². The number of hydrogen-bond donors (Lipinski definition) is 2. The molecule has 6 nitrogen and oxygen atoms in total. The number of Topliss-reactive ketones (excluding diaryl/α,β-unsaturated/α-hetero) is 1. The van der Waals surface area contributed by atoms with Crippen molar-refractivity contribution in [1.82, 2.24) is 5.32 Å². The molecule has 0 rings (SSSR count). The van der Waals surface area contributed by atoms with E-state index in [2.05, 4.69) is 5.32 Å². The molecular weight excluding hydrogens is 226 g/mol. The summed E-state index contributed by atoms with van der Waals surface area (Å²) in [6, 6.07) is -0.725. The second-order valence-corrected chi connectivity index (χ2v) is 4.64. The van der Waals surface area contributed by atoms with Crippen LogP contribution in [-0.2, 0) is 14.3 Å². The monoisotopic (exact) mass is 245 g/mol. The molecule has 0 aliphatic rings. The minimum atomic E-state index is -0.725. The maximum Gasteiger partial charge on any atom is 0.407 e. The van der Waals surface area contributed by atoms with Gasteiger partial charge in [-0.2, -0.15) is 0 Å². The molecule has 2 N–H and O–H groups in total. The van der Waals surface area contributed by atoms with Crippen molar-refractivity contribution in [3.05, 3.63) is 0 Å². The van der Waals surface area contributed by atoms with Crippen LogP contribution in [0.5, 0.6) is 0 Å². The van der Waals surface area contributed by atoms with Crippen LogP contribution in [0.25, 0.3) is 0 Å². The van der Waals surface area contributed by atoms with Gasteiger partial charge in [-0.15, -0.1) is 0 Å². The van der Waals surface area contributed by atoms with Crippen molar-refractivity contribution in [2.24, 2.45) is 0 Å².